The Morgan fingerprint density at radius 3 is 2.61 bits per heavy atom. The molecule has 0 aliphatic carbocycles. The van der Waals surface area contributed by atoms with Gasteiger partial charge in [-0.2, -0.15) is 5.10 Å². The van der Waals surface area contributed by atoms with Crippen LogP contribution in [0.25, 0.3) is 10.4 Å². The number of aromatic hydroxyl groups is 1. The predicted octanol–water partition coefficient (Wildman–Crippen LogP) is 3.74. The van der Waals surface area contributed by atoms with Crippen molar-refractivity contribution >= 4 is 39.6 Å². The summed E-state index contributed by atoms with van der Waals surface area (Å²) in [5, 5.41) is 15.7. The SMILES string of the molecule is C/C(=N\N)c1csc(-c2ccc(CI)cc2)c1O. The molecular formula is C13H13IN2OS. The second kappa shape index (κ2) is 5.71. The quantitative estimate of drug-likeness (QED) is 0.284. The summed E-state index contributed by atoms with van der Waals surface area (Å²) in [5.74, 6) is 5.50. The summed E-state index contributed by atoms with van der Waals surface area (Å²) in [6.07, 6.45) is 0. The van der Waals surface area contributed by atoms with E-state index in [2.05, 4.69) is 39.8 Å². The molecule has 0 aliphatic heterocycles. The Labute approximate surface area is 123 Å². The number of hydrogen-bond donors (Lipinski definition) is 2. The number of benzene rings is 1. The highest BCUT2D eigenvalue weighted by molar-refractivity contribution is 14.1. The number of thiophene rings is 1. The van der Waals surface area contributed by atoms with Gasteiger partial charge in [0.15, 0.2) is 0 Å². The van der Waals surface area contributed by atoms with Crippen molar-refractivity contribution in [1.82, 2.24) is 0 Å². The first kappa shape index (κ1) is 13.4. The van der Waals surface area contributed by atoms with Gasteiger partial charge in [-0.15, -0.1) is 11.3 Å². The summed E-state index contributed by atoms with van der Waals surface area (Å²) in [4.78, 5) is 0.855. The van der Waals surface area contributed by atoms with Crippen molar-refractivity contribution in [3.05, 3.63) is 40.8 Å². The number of alkyl halides is 1. The maximum atomic E-state index is 10.2. The summed E-state index contributed by atoms with van der Waals surface area (Å²) in [6, 6.07) is 8.20. The molecule has 2 rings (SSSR count). The van der Waals surface area contributed by atoms with Crippen LogP contribution in [0.15, 0.2) is 34.7 Å². The van der Waals surface area contributed by atoms with Gasteiger partial charge < -0.3 is 10.9 Å². The van der Waals surface area contributed by atoms with Crippen molar-refractivity contribution < 1.29 is 5.11 Å². The molecule has 1 aromatic heterocycles. The molecule has 0 fully saturated rings. The first-order valence-corrected chi connectivity index (χ1v) is 7.78. The standard InChI is InChI=1S/C13H13IN2OS/c1-8(16-15)11-7-18-13(12(11)17)10-4-2-9(6-14)3-5-10/h2-5,7,17H,6,15H2,1H3/b16-8+. The van der Waals surface area contributed by atoms with Crippen LogP contribution in [0.1, 0.15) is 18.1 Å². The zero-order valence-electron chi connectivity index (χ0n) is 9.85. The third-order valence-electron chi connectivity index (χ3n) is 2.72. The Bertz CT molecular complexity index is 575. The van der Waals surface area contributed by atoms with Gasteiger partial charge in [0.05, 0.1) is 16.2 Å². The van der Waals surface area contributed by atoms with Crippen molar-refractivity contribution in [2.24, 2.45) is 10.9 Å². The summed E-state index contributed by atoms with van der Waals surface area (Å²) in [6.45, 7) is 1.78. The van der Waals surface area contributed by atoms with Gasteiger partial charge in [-0.25, -0.2) is 0 Å². The summed E-state index contributed by atoms with van der Waals surface area (Å²) in [7, 11) is 0. The zero-order valence-corrected chi connectivity index (χ0v) is 12.8. The zero-order chi connectivity index (χ0) is 13.1. The molecule has 0 atom stereocenters. The van der Waals surface area contributed by atoms with Crippen LogP contribution < -0.4 is 5.84 Å². The third kappa shape index (κ3) is 2.51. The first-order chi connectivity index (χ1) is 8.67. The molecule has 5 heteroatoms. The summed E-state index contributed by atoms with van der Waals surface area (Å²) in [5.41, 5.74) is 3.63. The maximum absolute atomic E-state index is 10.2. The fraction of sp³-hybridized carbons (Fsp3) is 0.154. The van der Waals surface area contributed by atoms with E-state index in [9.17, 15) is 5.11 Å². The van der Waals surface area contributed by atoms with E-state index in [1.54, 1.807) is 6.92 Å². The molecule has 0 saturated carbocycles. The van der Waals surface area contributed by atoms with E-state index in [1.165, 1.54) is 16.9 Å². The lowest BCUT2D eigenvalue weighted by Crippen LogP contribution is -1.96. The Hall–Kier alpha value is -1.08. The van der Waals surface area contributed by atoms with E-state index in [0.29, 0.717) is 11.3 Å². The molecule has 2 aromatic rings. The van der Waals surface area contributed by atoms with Crippen LogP contribution in [-0.2, 0) is 4.43 Å². The van der Waals surface area contributed by atoms with E-state index in [1.807, 2.05) is 17.5 Å². The molecule has 18 heavy (non-hydrogen) atoms. The molecule has 0 bridgehead atoms. The van der Waals surface area contributed by atoms with Crippen LogP contribution in [-0.4, -0.2) is 10.8 Å². The highest BCUT2D eigenvalue weighted by Crippen LogP contribution is 2.38. The van der Waals surface area contributed by atoms with Crippen LogP contribution in [0.2, 0.25) is 0 Å². The molecule has 0 amide bonds. The Kier molecular flexibility index (Phi) is 4.23. The molecule has 0 aliphatic rings. The van der Waals surface area contributed by atoms with Crippen LogP contribution in [0, 0.1) is 0 Å². The van der Waals surface area contributed by atoms with Crippen molar-refractivity contribution in [2.45, 2.75) is 11.4 Å². The lowest BCUT2D eigenvalue weighted by atomic mass is 10.1. The average Bonchev–Trinajstić information content (AvgIpc) is 2.80. The van der Waals surface area contributed by atoms with Crippen LogP contribution in [0.5, 0.6) is 5.75 Å². The average molecular weight is 372 g/mol. The lowest BCUT2D eigenvalue weighted by Gasteiger charge is -2.02. The normalized spacial score (nSPS) is 11.8. The van der Waals surface area contributed by atoms with E-state index < -0.39 is 0 Å². The Balaban J connectivity index is 2.42. The predicted molar refractivity (Wildman–Crippen MR) is 85.5 cm³/mol. The highest BCUT2D eigenvalue weighted by Gasteiger charge is 2.14. The van der Waals surface area contributed by atoms with Crippen molar-refractivity contribution in [2.75, 3.05) is 0 Å². The van der Waals surface area contributed by atoms with Gasteiger partial charge in [0, 0.05) is 9.81 Å². The van der Waals surface area contributed by atoms with Gasteiger partial charge in [-0.05, 0) is 18.1 Å². The molecule has 3 N–H and O–H groups in total. The molecule has 0 saturated heterocycles. The van der Waals surface area contributed by atoms with E-state index in [0.717, 1.165) is 14.9 Å². The van der Waals surface area contributed by atoms with Crippen molar-refractivity contribution in [1.29, 1.82) is 0 Å². The molecule has 0 unspecified atom stereocenters. The molecule has 1 heterocycles. The largest absolute Gasteiger partial charge is 0.506 e. The number of nitrogens with two attached hydrogens (primary N) is 1. The minimum absolute atomic E-state index is 0.258. The first-order valence-electron chi connectivity index (χ1n) is 5.38. The lowest BCUT2D eigenvalue weighted by molar-refractivity contribution is 0.478. The molecule has 0 spiro atoms. The smallest absolute Gasteiger partial charge is 0.143 e. The Morgan fingerprint density at radius 2 is 2.06 bits per heavy atom. The van der Waals surface area contributed by atoms with E-state index in [-0.39, 0.29) is 5.75 Å². The minimum atomic E-state index is 0.258. The number of nitrogens with zero attached hydrogens (tertiary/aromatic N) is 1. The Morgan fingerprint density at radius 1 is 1.39 bits per heavy atom. The van der Waals surface area contributed by atoms with E-state index in [4.69, 9.17) is 5.84 Å². The fourth-order valence-electron chi connectivity index (χ4n) is 1.63. The number of rotatable bonds is 3. The topological polar surface area (TPSA) is 58.6 Å². The summed E-state index contributed by atoms with van der Waals surface area (Å²) >= 11 is 3.83. The van der Waals surface area contributed by atoms with Crippen LogP contribution in [0.3, 0.4) is 0 Å². The second-order valence-corrected chi connectivity index (χ2v) is 5.51. The number of hydrazone groups is 1. The van der Waals surface area contributed by atoms with Gasteiger partial charge in [0.1, 0.15) is 5.75 Å². The number of halogens is 1. The van der Waals surface area contributed by atoms with E-state index >= 15 is 0 Å². The van der Waals surface area contributed by atoms with Gasteiger partial charge in [0.25, 0.3) is 0 Å². The molecule has 3 nitrogen and oxygen atoms in total. The van der Waals surface area contributed by atoms with Crippen molar-refractivity contribution in [3.8, 4) is 16.2 Å². The molecule has 94 valence electrons. The van der Waals surface area contributed by atoms with Crippen LogP contribution >= 0.6 is 33.9 Å². The fourth-order valence-corrected chi connectivity index (χ4v) is 3.15. The minimum Gasteiger partial charge on any atom is -0.506 e. The monoisotopic (exact) mass is 372 g/mol. The molecule has 1 aromatic carbocycles. The maximum Gasteiger partial charge on any atom is 0.143 e. The van der Waals surface area contributed by atoms with Gasteiger partial charge >= 0.3 is 0 Å². The number of hydrogen-bond acceptors (Lipinski definition) is 4. The van der Waals surface area contributed by atoms with Crippen molar-refractivity contribution in [3.63, 3.8) is 0 Å². The van der Waals surface area contributed by atoms with Gasteiger partial charge in [-0.3, -0.25) is 0 Å². The second-order valence-electron chi connectivity index (χ2n) is 3.87. The summed E-state index contributed by atoms with van der Waals surface area (Å²) < 4.78 is 0.985. The molecule has 0 radical (unpaired) electrons. The third-order valence-corrected chi connectivity index (χ3v) is 4.62. The van der Waals surface area contributed by atoms with Crippen LogP contribution in [0.4, 0.5) is 0 Å². The highest BCUT2D eigenvalue weighted by atomic mass is 127. The van der Waals surface area contributed by atoms with Gasteiger partial charge in [-0.1, -0.05) is 46.9 Å². The van der Waals surface area contributed by atoms with Gasteiger partial charge in [0.2, 0.25) is 0 Å². The molecular weight excluding hydrogens is 359 g/mol.